The molecule has 2 unspecified atom stereocenters. The van der Waals surface area contributed by atoms with Gasteiger partial charge in [0, 0.05) is 13.1 Å². The first-order valence-electron chi connectivity index (χ1n) is 5.19. The number of aliphatic hydroxyl groups excluding tert-OH is 1. The van der Waals surface area contributed by atoms with Crippen LogP contribution in [0.25, 0.3) is 0 Å². The number of benzene rings is 1. The first-order chi connectivity index (χ1) is 7.18. The molecule has 1 aliphatic heterocycles. The van der Waals surface area contributed by atoms with E-state index in [1.165, 1.54) is 0 Å². The van der Waals surface area contributed by atoms with Gasteiger partial charge in [0.2, 0.25) is 5.91 Å². The fraction of sp³-hybridized carbons (Fsp3) is 0.417. The Morgan fingerprint density at radius 2 is 2.07 bits per heavy atom. The molecule has 2 rings (SSSR count). The number of hydrogen-bond donors (Lipinski definition) is 1. The van der Waals surface area contributed by atoms with Gasteiger partial charge in [0.05, 0.1) is 12.0 Å². The zero-order valence-electron chi connectivity index (χ0n) is 8.76. The third kappa shape index (κ3) is 2.02. The number of nitrogens with zero attached hydrogens (tertiary/aromatic N) is 1. The van der Waals surface area contributed by atoms with Crippen LogP contribution in [0, 0.1) is 5.92 Å². The summed E-state index contributed by atoms with van der Waals surface area (Å²) in [5.74, 6) is -0.208. The number of carbonyl (C=O) groups is 1. The molecule has 2 atom stereocenters. The number of amides is 1. The molecule has 1 fully saturated rings. The van der Waals surface area contributed by atoms with Gasteiger partial charge in [-0.25, -0.2) is 0 Å². The molecule has 0 aromatic heterocycles. The van der Waals surface area contributed by atoms with E-state index in [9.17, 15) is 9.90 Å². The lowest BCUT2D eigenvalue weighted by atomic mass is 10.1. The van der Waals surface area contributed by atoms with Crippen LogP contribution in [-0.4, -0.2) is 28.6 Å². The summed E-state index contributed by atoms with van der Waals surface area (Å²) in [5.41, 5.74) is 1.10. The van der Waals surface area contributed by atoms with Crippen molar-refractivity contribution in [2.75, 3.05) is 6.54 Å². The second-order valence-electron chi connectivity index (χ2n) is 4.06. The number of carbonyl (C=O) groups excluding carboxylic acids is 1. The highest BCUT2D eigenvalue weighted by molar-refractivity contribution is 5.81. The number of hydrogen-bond acceptors (Lipinski definition) is 2. The van der Waals surface area contributed by atoms with Crippen molar-refractivity contribution in [2.45, 2.75) is 19.6 Å². The zero-order valence-corrected chi connectivity index (χ0v) is 8.76. The smallest absolute Gasteiger partial charge is 0.228 e. The molecule has 80 valence electrons. The van der Waals surface area contributed by atoms with Crippen molar-refractivity contribution in [3.05, 3.63) is 35.9 Å². The summed E-state index contributed by atoms with van der Waals surface area (Å²) < 4.78 is 0. The Bertz CT molecular complexity index is 350. The molecule has 1 aromatic rings. The Kier molecular flexibility index (Phi) is 2.73. The third-order valence-corrected chi connectivity index (χ3v) is 2.90. The molecule has 0 bridgehead atoms. The van der Waals surface area contributed by atoms with Gasteiger partial charge in [-0.1, -0.05) is 37.3 Å². The summed E-state index contributed by atoms with van der Waals surface area (Å²) in [5, 5.41) is 9.55. The molecule has 1 aromatic carbocycles. The van der Waals surface area contributed by atoms with Gasteiger partial charge in [0.25, 0.3) is 0 Å². The molecule has 1 N–H and O–H groups in total. The topological polar surface area (TPSA) is 40.5 Å². The molecule has 0 aliphatic carbocycles. The second kappa shape index (κ2) is 4.03. The van der Waals surface area contributed by atoms with Gasteiger partial charge in [0.1, 0.15) is 0 Å². The number of β-amino-alcohol motifs (C(OH)–C–C–N with tert-alkyl or cyclic N) is 1. The van der Waals surface area contributed by atoms with Gasteiger partial charge >= 0.3 is 0 Å². The van der Waals surface area contributed by atoms with Crippen LogP contribution >= 0.6 is 0 Å². The molecule has 1 saturated heterocycles. The van der Waals surface area contributed by atoms with Gasteiger partial charge in [0.15, 0.2) is 0 Å². The van der Waals surface area contributed by atoms with Crippen molar-refractivity contribution in [1.82, 2.24) is 4.90 Å². The predicted molar refractivity (Wildman–Crippen MR) is 57.0 cm³/mol. The van der Waals surface area contributed by atoms with Gasteiger partial charge in [-0.3, -0.25) is 4.79 Å². The van der Waals surface area contributed by atoms with Crippen LogP contribution in [0.3, 0.4) is 0 Å². The summed E-state index contributed by atoms with van der Waals surface area (Å²) in [6.45, 7) is 2.83. The van der Waals surface area contributed by atoms with E-state index in [0.29, 0.717) is 13.1 Å². The summed E-state index contributed by atoms with van der Waals surface area (Å²) in [6.07, 6.45) is -0.513. The minimum atomic E-state index is -0.513. The molecule has 3 heteroatoms. The van der Waals surface area contributed by atoms with E-state index in [-0.39, 0.29) is 11.8 Å². The minimum Gasteiger partial charge on any atom is -0.390 e. The molecule has 15 heavy (non-hydrogen) atoms. The molecule has 0 radical (unpaired) electrons. The van der Waals surface area contributed by atoms with Crippen molar-refractivity contribution >= 4 is 5.91 Å². The lowest BCUT2D eigenvalue weighted by Crippen LogP contribution is -2.26. The Balaban J connectivity index is 2.05. The third-order valence-electron chi connectivity index (χ3n) is 2.90. The quantitative estimate of drug-likeness (QED) is 0.783. The number of aliphatic hydroxyl groups is 1. The highest BCUT2D eigenvalue weighted by Crippen LogP contribution is 2.20. The Hall–Kier alpha value is -1.35. The SMILES string of the molecule is CC1C(=O)N(Cc2ccccc2)CC1O. The molecule has 1 heterocycles. The molecule has 0 spiro atoms. The van der Waals surface area contributed by atoms with E-state index in [1.54, 1.807) is 11.8 Å². The van der Waals surface area contributed by atoms with E-state index >= 15 is 0 Å². The Labute approximate surface area is 89.3 Å². The molecule has 1 aliphatic rings. The Morgan fingerprint density at radius 1 is 1.40 bits per heavy atom. The van der Waals surface area contributed by atoms with Crippen LogP contribution < -0.4 is 0 Å². The van der Waals surface area contributed by atoms with Crippen LogP contribution in [0.5, 0.6) is 0 Å². The van der Waals surface area contributed by atoms with Crippen molar-refractivity contribution in [1.29, 1.82) is 0 Å². The second-order valence-corrected chi connectivity index (χ2v) is 4.06. The highest BCUT2D eigenvalue weighted by Gasteiger charge is 2.35. The first kappa shape index (κ1) is 10.2. The average molecular weight is 205 g/mol. The van der Waals surface area contributed by atoms with E-state index in [2.05, 4.69) is 0 Å². The van der Waals surface area contributed by atoms with Crippen molar-refractivity contribution in [3.8, 4) is 0 Å². The maximum Gasteiger partial charge on any atom is 0.228 e. The van der Waals surface area contributed by atoms with Gasteiger partial charge in [-0.15, -0.1) is 0 Å². The van der Waals surface area contributed by atoms with Crippen molar-refractivity contribution in [3.63, 3.8) is 0 Å². The number of likely N-dealkylation sites (tertiary alicyclic amines) is 1. The van der Waals surface area contributed by atoms with Crippen molar-refractivity contribution < 1.29 is 9.90 Å². The zero-order chi connectivity index (χ0) is 10.8. The van der Waals surface area contributed by atoms with E-state index < -0.39 is 6.10 Å². The van der Waals surface area contributed by atoms with Gasteiger partial charge < -0.3 is 10.0 Å². The maximum absolute atomic E-state index is 11.7. The summed E-state index contributed by atoms with van der Waals surface area (Å²) in [6, 6.07) is 9.84. The van der Waals surface area contributed by atoms with Crippen LogP contribution in [0.1, 0.15) is 12.5 Å². The van der Waals surface area contributed by atoms with Gasteiger partial charge in [-0.2, -0.15) is 0 Å². The van der Waals surface area contributed by atoms with Crippen molar-refractivity contribution in [2.24, 2.45) is 5.92 Å². The fourth-order valence-corrected chi connectivity index (χ4v) is 1.87. The fourth-order valence-electron chi connectivity index (χ4n) is 1.87. The van der Waals surface area contributed by atoms with Crippen LogP contribution in [0.4, 0.5) is 0 Å². The van der Waals surface area contributed by atoms with Crippen LogP contribution in [-0.2, 0) is 11.3 Å². The molecular weight excluding hydrogens is 190 g/mol. The van der Waals surface area contributed by atoms with Crippen LogP contribution in [0.2, 0.25) is 0 Å². The first-order valence-corrected chi connectivity index (χ1v) is 5.19. The lowest BCUT2D eigenvalue weighted by molar-refractivity contribution is -0.131. The lowest BCUT2D eigenvalue weighted by Gasteiger charge is -2.15. The van der Waals surface area contributed by atoms with E-state index in [4.69, 9.17) is 0 Å². The molecule has 1 amide bonds. The normalized spacial score (nSPS) is 26.0. The standard InChI is InChI=1S/C12H15NO2/c1-9-11(14)8-13(12(9)15)7-10-5-3-2-4-6-10/h2-6,9,11,14H,7-8H2,1H3. The number of rotatable bonds is 2. The Morgan fingerprint density at radius 3 is 2.60 bits per heavy atom. The summed E-state index contributed by atoms with van der Waals surface area (Å²) in [7, 11) is 0. The molecular formula is C12H15NO2. The molecule has 3 nitrogen and oxygen atoms in total. The molecule has 0 saturated carbocycles. The largest absolute Gasteiger partial charge is 0.390 e. The maximum atomic E-state index is 11.7. The van der Waals surface area contributed by atoms with Gasteiger partial charge in [-0.05, 0) is 5.56 Å². The monoisotopic (exact) mass is 205 g/mol. The summed E-state index contributed by atoms with van der Waals surface area (Å²) in [4.78, 5) is 13.4. The minimum absolute atomic E-state index is 0.0475. The van der Waals surface area contributed by atoms with E-state index in [1.807, 2.05) is 30.3 Å². The van der Waals surface area contributed by atoms with E-state index in [0.717, 1.165) is 5.56 Å². The predicted octanol–water partition coefficient (Wildman–Crippen LogP) is 1.03. The van der Waals surface area contributed by atoms with Crippen LogP contribution in [0.15, 0.2) is 30.3 Å². The highest BCUT2D eigenvalue weighted by atomic mass is 16.3. The average Bonchev–Trinajstić information content (AvgIpc) is 2.48. The summed E-state index contributed by atoms with van der Waals surface area (Å²) >= 11 is 0.